The fourth-order valence-corrected chi connectivity index (χ4v) is 1.13. The van der Waals surface area contributed by atoms with E-state index in [1.165, 1.54) is 0 Å². The van der Waals surface area contributed by atoms with Crippen molar-refractivity contribution in [2.45, 2.75) is 5.40 Å². The second-order valence-electron chi connectivity index (χ2n) is 2.92. The Balaban J connectivity index is 2.63. The molecular weight excluding hydrogens is 162 g/mol. The number of aromatic nitrogens is 2. The van der Waals surface area contributed by atoms with Crippen LogP contribution in [0.3, 0.4) is 0 Å². The Labute approximate surface area is 78.2 Å². The van der Waals surface area contributed by atoms with Crippen LogP contribution >= 0.6 is 0 Å². The highest BCUT2D eigenvalue weighted by atomic mass is 16.3. The number of hydrogen-bond donors (Lipinski definition) is 1. The topological polar surface area (TPSA) is 37.5 Å². The van der Waals surface area contributed by atoms with Gasteiger partial charge < -0.3 is 9.51 Å². The summed E-state index contributed by atoms with van der Waals surface area (Å²) in [6.45, 7) is 0. The average Bonchev–Trinajstić information content (AvgIpc) is 2.45. The summed E-state index contributed by atoms with van der Waals surface area (Å²) in [5.74, 6) is 0. The largest absolute Gasteiger partial charge is 0.403 e. The Hall–Kier alpha value is -1.22. The smallest absolute Gasteiger partial charge is 0.137 e. The van der Waals surface area contributed by atoms with E-state index < -0.39 is 5.40 Å². The quantitative estimate of drug-likeness (QED) is 0.597. The molecule has 0 aromatic carbocycles. The van der Waals surface area contributed by atoms with Crippen LogP contribution in [0.5, 0.6) is 0 Å². The molecule has 0 fully saturated rings. The molecule has 0 aliphatic heterocycles. The SMILES string of the molecule is [B]C([B])(O)c1cn2ccccc2n1. The van der Waals surface area contributed by atoms with Gasteiger partial charge in [0.1, 0.15) is 21.3 Å². The van der Waals surface area contributed by atoms with Crippen molar-refractivity contribution in [2.24, 2.45) is 0 Å². The van der Waals surface area contributed by atoms with E-state index in [4.69, 9.17) is 15.7 Å². The molecule has 60 valence electrons. The predicted molar refractivity (Wildman–Crippen MR) is 50.6 cm³/mol. The van der Waals surface area contributed by atoms with E-state index in [-0.39, 0.29) is 5.69 Å². The molecule has 2 aromatic rings. The first-order valence-corrected chi connectivity index (χ1v) is 3.82. The summed E-state index contributed by atoms with van der Waals surface area (Å²) in [6.07, 6.45) is 3.40. The van der Waals surface area contributed by atoms with E-state index in [1.807, 2.05) is 12.1 Å². The number of nitrogens with zero attached hydrogens (tertiary/aromatic N) is 2. The first kappa shape index (κ1) is 8.38. The van der Waals surface area contributed by atoms with Gasteiger partial charge >= 0.3 is 0 Å². The van der Waals surface area contributed by atoms with Gasteiger partial charge in [-0.25, -0.2) is 4.98 Å². The van der Waals surface area contributed by atoms with E-state index in [1.54, 1.807) is 22.9 Å². The molecule has 5 heteroatoms. The van der Waals surface area contributed by atoms with Gasteiger partial charge in [0.15, 0.2) is 0 Å². The standard InChI is InChI=1S/C8H6B2N2O/c9-8(10,13)6-5-12-4-2-1-3-7(12)11-6/h1-5,13H. The van der Waals surface area contributed by atoms with Crippen molar-refractivity contribution in [1.29, 1.82) is 0 Å². The third-order valence-electron chi connectivity index (χ3n) is 1.77. The number of imidazole rings is 1. The normalized spacial score (nSPS) is 12.1. The van der Waals surface area contributed by atoms with Gasteiger partial charge in [0.25, 0.3) is 0 Å². The molecule has 4 radical (unpaired) electrons. The van der Waals surface area contributed by atoms with E-state index in [2.05, 4.69) is 4.98 Å². The fourth-order valence-electron chi connectivity index (χ4n) is 1.13. The summed E-state index contributed by atoms with van der Waals surface area (Å²) in [5.41, 5.74) is 0.950. The molecule has 0 saturated carbocycles. The maximum Gasteiger partial charge on any atom is 0.137 e. The molecular formula is C8H6B2N2O. The van der Waals surface area contributed by atoms with Crippen LogP contribution in [0.1, 0.15) is 5.69 Å². The fraction of sp³-hybridized carbons (Fsp3) is 0.125. The second-order valence-corrected chi connectivity index (χ2v) is 2.92. The van der Waals surface area contributed by atoms with Gasteiger partial charge in [-0.05, 0) is 12.1 Å². The number of rotatable bonds is 1. The highest BCUT2D eigenvalue weighted by Crippen LogP contribution is 2.13. The van der Waals surface area contributed by atoms with Crippen LogP contribution in [-0.2, 0) is 5.40 Å². The summed E-state index contributed by atoms with van der Waals surface area (Å²) >= 11 is 0. The first-order chi connectivity index (χ1) is 6.07. The molecule has 2 aromatic heterocycles. The molecule has 0 aliphatic rings. The molecule has 0 atom stereocenters. The van der Waals surface area contributed by atoms with Crippen LogP contribution in [0, 0.1) is 0 Å². The third kappa shape index (κ3) is 1.47. The molecule has 2 heterocycles. The summed E-state index contributed by atoms with van der Waals surface area (Å²) in [5, 5.41) is 7.40. The Morgan fingerprint density at radius 3 is 2.77 bits per heavy atom. The van der Waals surface area contributed by atoms with Crippen molar-refractivity contribution in [3.8, 4) is 0 Å². The molecule has 1 N–H and O–H groups in total. The zero-order chi connectivity index (χ0) is 9.47. The third-order valence-corrected chi connectivity index (χ3v) is 1.77. The molecule has 3 nitrogen and oxygen atoms in total. The molecule has 2 rings (SSSR count). The lowest BCUT2D eigenvalue weighted by atomic mass is 9.64. The maximum absolute atomic E-state index is 9.27. The number of aliphatic hydroxyl groups is 1. The monoisotopic (exact) mass is 168 g/mol. The summed E-state index contributed by atoms with van der Waals surface area (Å²) < 4.78 is 1.74. The van der Waals surface area contributed by atoms with Gasteiger partial charge in [-0.15, -0.1) is 0 Å². The van der Waals surface area contributed by atoms with Crippen LogP contribution in [-0.4, -0.2) is 30.2 Å². The molecule has 0 amide bonds. The van der Waals surface area contributed by atoms with Gasteiger partial charge in [-0.2, -0.15) is 0 Å². The molecule has 0 aliphatic carbocycles. The Morgan fingerprint density at radius 2 is 2.15 bits per heavy atom. The van der Waals surface area contributed by atoms with Gasteiger partial charge in [0.2, 0.25) is 0 Å². The van der Waals surface area contributed by atoms with E-state index in [0.717, 1.165) is 0 Å². The number of pyridine rings is 1. The zero-order valence-electron chi connectivity index (χ0n) is 6.88. The predicted octanol–water partition coefficient (Wildman–Crippen LogP) is -0.226. The van der Waals surface area contributed by atoms with Crippen LogP contribution in [0.2, 0.25) is 0 Å². The Kier molecular flexibility index (Phi) is 1.70. The van der Waals surface area contributed by atoms with Crippen molar-refractivity contribution in [2.75, 3.05) is 0 Å². The minimum atomic E-state index is -1.87. The highest BCUT2D eigenvalue weighted by Gasteiger charge is 2.18. The summed E-state index contributed by atoms with van der Waals surface area (Å²) in [6, 6.07) is 5.50. The van der Waals surface area contributed by atoms with E-state index in [9.17, 15) is 5.11 Å². The average molecular weight is 168 g/mol. The van der Waals surface area contributed by atoms with Crippen LogP contribution < -0.4 is 0 Å². The summed E-state index contributed by atoms with van der Waals surface area (Å²) in [7, 11) is 10.6. The molecule has 0 saturated heterocycles. The number of hydrogen-bond acceptors (Lipinski definition) is 2. The molecule has 13 heavy (non-hydrogen) atoms. The van der Waals surface area contributed by atoms with Crippen molar-refractivity contribution >= 4 is 21.3 Å². The Morgan fingerprint density at radius 1 is 1.38 bits per heavy atom. The molecule has 0 bridgehead atoms. The molecule has 0 unspecified atom stereocenters. The maximum atomic E-state index is 9.27. The van der Waals surface area contributed by atoms with E-state index >= 15 is 0 Å². The van der Waals surface area contributed by atoms with Gasteiger partial charge in [-0.3, -0.25) is 0 Å². The van der Waals surface area contributed by atoms with Gasteiger partial charge in [-0.1, -0.05) is 6.07 Å². The minimum absolute atomic E-state index is 0.249. The zero-order valence-corrected chi connectivity index (χ0v) is 6.88. The van der Waals surface area contributed by atoms with Crippen molar-refractivity contribution < 1.29 is 5.11 Å². The lowest BCUT2D eigenvalue weighted by Crippen LogP contribution is -2.26. The molecule has 0 spiro atoms. The van der Waals surface area contributed by atoms with Crippen LogP contribution in [0.15, 0.2) is 30.6 Å². The van der Waals surface area contributed by atoms with E-state index in [0.29, 0.717) is 5.65 Å². The first-order valence-electron chi connectivity index (χ1n) is 3.82. The van der Waals surface area contributed by atoms with Crippen molar-refractivity contribution in [3.63, 3.8) is 0 Å². The van der Waals surface area contributed by atoms with Crippen molar-refractivity contribution in [1.82, 2.24) is 9.38 Å². The number of fused-ring (bicyclic) bond motifs is 1. The lowest BCUT2D eigenvalue weighted by molar-refractivity contribution is 0.212. The Bertz CT molecular complexity index is 400. The van der Waals surface area contributed by atoms with Crippen LogP contribution in [0.25, 0.3) is 5.65 Å². The summed E-state index contributed by atoms with van der Waals surface area (Å²) in [4.78, 5) is 4.05. The van der Waals surface area contributed by atoms with Gasteiger partial charge in [0, 0.05) is 17.8 Å². The lowest BCUT2D eigenvalue weighted by Gasteiger charge is -2.13. The minimum Gasteiger partial charge on any atom is -0.403 e. The second kappa shape index (κ2) is 2.64. The van der Waals surface area contributed by atoms with Gasteiger partial charge in [0.05, 0.1) is 5.69 Å². The van der Waals surface area contributed by atoms with Crippen LogP contribution in [0.4, 0.5) is 0 Å². The highest BCUT2D eigenvalue weighted by molar-refractivity contribution is 6.38. The van der Waals surface area contributed by atoms with Crippen molar-refractivity contribution in [3.05, 3.63) is 36.3 Å².